The van der Waals surface area contributed by atoms with Crippen molar-refractivity contribution < 1.29 is 4.79 Å². The number of carbonyl (C=O) groups excluding carboxylic acids is 1. The van der Waals surface area contributed by atoms with Gasteiger partial charge in [-0.2, -0.15) is 5.10 Å². The number of hydrogen-bond acceptors (Lipinski definition) is 3. The van der Waals surface area contributed by atoms with Gasteiger partial charge in [0.15, 0.2) is 0 Å². The molecular weight excluding hydrogens is 264 g/mol. The average Bonchev–Trinajstić information content (AvgIpc) is 3.01. The van der Waals surface area contributed by atoms with E-state index in [2.05, 4.69) is 41.4 Å². The van der Waals surface area contributed by atoms with Gasteiger partial charge in [-0.25, -0.2) is 9.67 Å². The molecule has 0 aliphatic heterocycles. The molecule has 1 N–H and O–H groups in total. The monoisotopic (exact) mass is 286 g/mol. The fourth-order valence-electron chi connectivity index (χ4n) is 2.33. The Hall–Kier alpha value is -2.17. The zero-order valence-corrected chi connectivity index (χ0v) is 12.7. The minimum atomic E-state index is -0.351. The Labute approximate surface area is 125 Å². The predicted octanol–water partition coefficient (Wildman–Crippen LogP) is 2.40. The van der Waals surface area contributed by atoms with E-state index in [9.17, 15) is 4.79 Å². The van der Waals surface area contributed by atoms with Gasteiger partial charge in [0.1, 0.15) is 18.7 Å². The summed E-state index contributed by atoms with van der Waals surface area (Å²) in [5, 5.41) is 7.03. The van der Waals surface area contributed by atoms with Crippen LogP contribution in [0.5, 0.6) is 0 Å². The number of carbonyl (C=O) groups is 1. The van der Waals surface area contributed by atoms with Crippen LogP contribution in [0.4, 0.5) is 0 Å². The third-order valence-corrected chi connectivity index (χ3v) is 3.74. The summed E-state index contributed by atoms with van der Waals surface area (Å²) >= 11 is 0. The second-order valence-corrected chi connectivity index (χ2v) is 5.56. The second-order valence-electron chi connectivity index (χ2n) is 5.56. The first-order valence-electron chi connectivity index (χ1n) is 7.26. The summed E-state index contributed by atoms with van der Waals surface area (Å²) in [5.74, 6) is 0.717. The van der Waals surface area contributed by atoms with Crippen LogP contribution >= 0.6 is 0 Å². The molecule has 0 spiro atoms. The van der Waals surface area contributed by atoms with Crippen LogP contribution in [0, 0.1) is 5.92 Å². The molecule has 0 radical (unpaired) electrons. The molecule has 2 atom stereocenters. The van der Waals surface area contributed by atoms with Crippen LogP contribution in [0.2, 0.25) is 0 Å². The normalized spacial score (nSPS) is 13.9. The van der Waals surface area contributed by atoms with E-state index >= 15 is 0 Å². The molecule has 0 bridgehead atoms. The van der Waals surface area contributed by atoms with Gasteiger partial charge in [-0.3, -0.25) is 4.79 Å². The lowest BCUT2D eigenvalue weighted by Gasteiger charge is -2.23. The van der Waals surface area contributed by atoms with E-state index in [0.29, 0.717) is 18.4 Å². The molecule has 21 heavy (non-hydrogen) atoms. The van der Waals surface area contributed by atoms with Crippen molar-refractivity contribution in [2.75, 3.05) is 6.54 Å². The molecule has 0 saturated carbocycles. The van der Waals surface area contributed by atoms with Crippen LogP contribution in [0.1, 0.15) is 38.3 Å². The molecule has 1 amide bonds. The molecule has 0 saturated heterocycles. The van der Waals surface area contributed by atoms with Crippen LogP contribution < -0.4 is 5.32 Å². The summed E-state index contributed by atoms with van der Waals surface area (Å²) in [4.78, 5) is 16.1. The molecule has 1 aromatic carbocycles. The van der Waals surface area contributed by atoms with Gasteiger partial charge < -0.3 is 5.32 Å². The third kappa shape index (κ3) is 3.90. The largest absolute Gasteiger partial charge is 0.354 e. The van der Waals surface area contributed by atoms with Gasteiger partial charge in [-0.15, -0.1) is 0 Å². The number of nitrogens with zero attached hydrogens (tertiary/aromatic N) is 3. The third-order valence-electron chi connectivity index (χ3n) is 3.74. The maximum Gasteiger partial charge on any atom is 0.244 e. The van der Waals surface area contributed by atoms with Crippen molar-refractivity contribution in [2.24, 2.45) is 5.92 Å². The van der Waals surface area contributed by atoms with E-state index in [1.807, 2.05) is 25.1 Å². The van der Waals surface area contributed by atoms with E-state index in [0.717, 1.165) is 0 Å². The lowest BCUT2D eigenvalue weighted by molar-refractivity contribution is -0.124. The summed E-state index contributed by atoms with van der Waals surface area (Å²) in [6.07, 6.45) is 2.99. The number of aromatic nitrogens is 3. The van der Waals surface area contributed by atoms with Gasteiger partial charge in [-0.05, 0) is 18.4 Å². The van der Waals surface area contributed by atoms with Crippen LogP contribution in [-0.4, -0.2) is 27.2 Å². The Kier molecular flexibility index (Phi) is 5.09. The average molecular weight is 286 g/mol. The van der Waals surface area contributed by atoms with Crippen LogP contribution in [0.15, 0.2) is 43.0 Å². The van der Waals surface area contributed by atoms with Gasteiger partial charge in [0.2, 0.25) is 5.91 Å². The Bertz CT molecular complexity index is 551. The molecule has 2 aromatic rings. The van der Waals surface area contributed by atoms with Crippen LogP contribution in [0.3, 0.4) is 0 Å². The summed E-state index contributed by atoms with van der Waals surface area (Å²) in [7, 11) is 0. The van der Waals surface area contributed by atoms with Crippen molar-refractivity contribution in [1.82, 2.24) is 20.1 Å². The molecule has 0 unspecified atom stereocenters. The summed E-state index contributed by atoms with van der Waals surface area (Å²) in [6, 6.07) is 9.94. The lowest BCUT2D eigenvalue weighted by atomic mass is 9.88. The minimum Gasteiger partial charge on any atom is -0.354 e. The molecular formula is C16H22N4O. The maximum absolute atomic E-state index is 12.2. The lowest BCUT2D eigenvalue weighted by Crippen LogP contribution is -2.35. The van der Waals surface area contributed by atoms with Crippen molar-refractivity contribution >= 4 is 5.91 Å². The number of nitrogens with one attached hydrogen (secondary N) is 1. The van der Waals surface area contributed by atoms with Gasteiger partial charge in [0, 0.05) is 12.5 Å². The molecule has 1 aromatic heterocycles. The molecule has 2 rings (SSSR count). The topological polar surface area (TPSA) is 59.8 Å². The Morgan fingerprint density at radius 1 is 1.24 bits per heavy atom. The fraction of sp³-hybridized carbons (Fsp3) is 0.438. The summed E-state index contributed by atoms with van der Waals surface area (Å²) in [6.45, 7) is 6.78. The SMILES string of the molecule is CC(C)[C@H](CNC(=O)[C@H](C)n1cncn1)c1ccccc1. The zero-order valence-electron chi connectivity index (χ0n) is 12.7. The second kappa shape index (κ2) is 7.02. The van der Waals surface area contributed by atoms with Crippen molar-refractivity contribution in [3.8, 4) is 0 Å². The first-order chi connectivity index (χ1) is 10.1. The van der Waals surface area contributed by atoms with E-state index in [-0.39, 0.29) is 11.9 Å². The van der Waals surface area contributed by atoms with E-state index in [4.69, 9.17) is 0 Å². The van der Waals surface area contributed by atoms with E-state index in [1.165, 1.54) is 11.9 Å². The Morgan fingerprint density at radius 3 is 2.52 bits per heavy atom. The van der Waals surface area contributed by atoms with Crippen LogP contribution in [0.25, 0.3) is 0 Å². The van der Waals surface area contributed by atoms with Crippen molar-refractivity contribution in [3.05, 3.63) is 48.5 Å². The van der Waals surface area contributed by atoms with E-state index in [1.54, 1.807) is 11.0 Å². The number of benzene rings is 1. The highest BCUT2D eigenvalue weighted by Crippen LogP contribution is 2.23. The van der Waals surface area contributed by atoms with Gasteiger partial charge in [0.05, 0.1) is 0 Å². The first-order valence-corrected chi connectivity index (χ1v) is 7.26. The fourth-order valence-corrected chi connectivity index (χ4v) is 2.33. The van der Waals surface area contributed by atoms with Crippen molar-refractivity contribution in [3.63, 3.8) is 0 Å². The minimum absolute atomic E-state index is 0.0397. The quantitative estimate of drug-likeness (QED) is 0.887. The molecule has 0 aliphatic rings. The van der Waals surface area contributed by atoms with E-state index < -0.39 is 0 Å². The molecule has 112 valence electrons. The Morgan fingerprint density at radius 2 is 1.95 bits per heavy atom. The summed E-state index contributed by atoms with van der Waals surface area (Å²) < 4.78 is 1.56. The first kappa shape index (κ1) is 15.2. The smallest absolute Gasteiger partial charge is 0.244 e. The maximum atomic E-state index is 12.2. The predicted molar refractivity (Wildman–Crippen MR) is 81.8 cm³/mol. The van der Waals surface area contributed by atoms with Crippen molar-refractivity contribution in [2.45, 2.75) is 32.7 Å². The molecule has 0 aliphatic carbocycles. The molecule has 5 heteroatoms. The van der Waals surface area contributed by atoms with Crippen LogP contribution in [-0.2, 0) is 4.79 Å². The highest BCUT2D eigenvalue weighted by Gasteiger charge is 2.20. The Balaban J connectivity index is 1.98. The standard InChI is InChI=1S/C16H22N4O/c1-12(2)15(14-7-5-4-6-8-14)9-18-16(21)13(3)20-11-17-10-19-20/h4-8,10-13,15H,9H2,1-3H3,(H,18,21)/t13-,15-/m0/s1. The zero-order chi connectivity index (χ0) is 15.2. The van der Waals surface area contributed by atoms with Crippen molar-refractivity contribution in [1.29, 1.82) is 0 Å². The molecule has 0 fully saturated rings. The highest BCUT2D eigenvalue weighted by molar-refractivity contribution is 5.79. The number of hydrogen-bond donors (Lipinski definition) is 1. The van der Waals surface area contributed by atoms with Gasteiger partial charge >= 0.3 is 0 Å². The van der Waals surface area contributed by atoms with Gasteiger partial charge in [-0.1, -0.05) is 44.2 Å². The number of rotatable bonds is 6. The molecule has 5 nitrogen and oxygen atoms in total. The number of amides is 1. The van der Waals surface area contributed by atoms with Gasteiger partial charge in [0.25, 0.3) is 0 Å². The summed E-state index contributed by atoms with van der Waals surface area (Å²) in [5.41, 5.74) is 1.25. The highest BCUT2D eigenvalue weighted by atomic mass is 16.2. The molecule has 1 heterocycles.